The lowest BCUT2D eigenvalue weighted by atomic mass is 9.85. The van der Waals surface area contributed by atoms with E-state index in [1.54, 1.807) is 11.3 Å². The first-order chi connectivity index (χ1) is 13.2. The number of likely N-dealkylation sites (tertiary alicyclic amines) is 1. The Morgan fingerprint density at radius 1 is 1.37 bits per heavy atom. The van der Waals surface area contributed by atoms with Crippen LogP contribution in [0.3, 0.4) is 0 Å². The number of fused-ring (bicyclic) bond motifs is 2. The number of piperidine rings is 1. The molecule has 146 valence electrons. The Labute approximate surface area is 162 Å². The number of aliphatic hydroxyl groups excluding tert-OH is 1. The zero-order valence-electron chi connectivity index (χ0n) is 15.4. The van der Waals surface area contributed by atoms with Crippen LogP contribution >= 0.6 is 11.3 Å². The molecule has 4 heterocycles. The van der Waals surface area contributed by atoms with Crippen LogP contribution in [0.25, 0.3) is 0 Å². The zero-order valence-corrected chi connectivity index (χ0v) is 16.2. The largest absolute Gasteiger partial charge is 0.395 e. The summed E-state index contributed by atoms with van der Waals surface area (Å²) in [4.78, 5) is 16.7. The number of hydrogen-bond donors (Lipinski definition) is 2. The van der Waals surface area contributed by atoms with Gasteiger partial charge in [0.2, 0.25) is 0 Å². The van der Waals surface area contributed by atoms with Crippen molar-refractivity contribution in [3.05, 3.63) is 39.8 Å². The number of hydrogen-bond acceptors (Lipinski definition) is 6. The standard InChI is InChI=1S/C19H26N4O3S/c24-12-6-20-18(25)16-14-15-2-13-26-19(17(15)27-16)3-8-22(9-4-19)10-11-23-7-1-5-21-23/h1,5,7,14,24H,2-4,6,8-13H2,(H,20,25). The lowest BCUT2D eigenvalue weighted by molar-refractivity contribution is -0.0953. The maximum absolute atomic E-state index is 12.3. The first-order valence-corrected chi connectivity index (χ1v) is 10.4. The third-order valence-electron chi connectivity index (χ3n) is 5.46. The molecule has 27 heavy (non-hydrogen) atoms. The maximum Gasteiger partial charge on any atom is 0.261 e. The molecule has 0 radical (unpaired) electrons. The van der Waals surface area contributed by atoms with E-state index in [4.69, 9.17) is 9.84 Å². The summed E-state index contributed by atoms with van der Waals surface area (Å²) >= 11 is 1.56. The van der Waals surface area contributed by atoms with Gasteiger partial charge in [-0.15, -0.1) is 11.3 Å². The summed E-state index contributed by atoms with van der Waals surface area (Å²) in [6.07, 6.45) is 6.59. The fourth-order valence-corrected chi connectivity index (χ4v) is 5.30. The molecule has 0 unspecified atom stereocenters. The van der Waals surface area contributed by atoms with Crippen LogP contribution in [0, 0.1) is 0 Å². The number of rotatable bonds is 6. The van der Waals surface area contributed by atoms with Crippen LogP contribution in [-0.2, 0) is 23.3 Å². The summed E-state index contributed by atoms with van der Waals surface area (Å²) in [5.74, 6) is -0.102. The van der Waals surface area contributed by atoms with Crippen LogP contribution in [0.1, 0.15) is 33.0 Å². The number of aliphatic hydroxyl groups is 1. The molecule has 1 saturated heterocycles. The van der Waals surface area contributed by atoms with Crippen LogP contribution in [0.2, 0.25) is 0 Å². The van der Waals surface area contributed by atoms with Crippen molar-refractivity contribution in [3.63, 3.8) is 0 Å². The molecule has 0 bridgehead atoms. The van der Waals surface area contributed by atoms with Crippen LogP contribution in [-0.4, -0.2) is 65.1 Å². The number of carbonyl (C=O) groups is 1. The minimum absolute atomic E-state index is 0.0434. The van der Waals surface area contributed by atoms with Gasteiger partial charge in [-0.1, -0.05) is 0 Å². The molecule has 0 atom stereocenters. The normalized spacial score (nSPS) is 19.1. The molecule has 7 nitrogen and oxygen atoms in total. The Kier molecular flexibility index (Phi) is 5.58. The van der Waals surface area contributed by atoms with Gasteiger partial charge in [-0.25, -0.2) is 0 Å². The van der Waals surface area contributed by atoms with E-state index in [0.29, 0.717) is 6.61 Å². The van der Waals surface area contributed by atoms with Crippen molar-refractivity contribution < 1.29 is 14.6 Å². The minimum atomic E-state index is -0.240. The van der Waals surface area contributed by atoms with E-state index in [1.165, 1.54) is 10.4 Å². The Hall–Kier alpha value is -1.74. The summed E-state index contributed by atoms with van der Waals surface area (Å²) in [6, 6.07) is 3.97. The molecule has 1 fully saturated rings. The number of ether oxygens (including phenoxy) is 1. The van der Waals surface area contributed by atoms with Crippen molar-refractivity contribution in [1.29, 1.82) is 0 Å². The molecule has 1 amide bonds. The summed E-state index contributed by atoms with van der Waals surface area (Å²) < 4.78 is 8.27. The quantitative estimate of drug-likeness (QED) is 0.776. The molecule has 2 aliphatic rings. The van der Waals surface area contributed by atoms with Crippen molar-refractivity contribution >= 4 is 17.2 Å². The highest BCUT2D eigenvalue weighted by atomic mass is 32.1. The fourth-order valence-electron chi connectivity index (χ4n) is 3.98. The van der Waals surface area contributed by atoms with E-state index in [0.717, 1.165) is 50.3 Å². The molecule has 0 aliphatic carbocycles. The van der Waals surface area contributed by atoms with Gasteiger partial charge < -0.3 is 20.1 Å². The average molecular weight is 391 g/mol. The highest BCUT2D eigenvalue weighted by Crippen LogP contribution is 2.45. The summed E-state index contributed by atoms with van der Waals surface area (Å²) in [6.45, 7) is 4.83. The van der Waals surface area contributed by atoms with Gasteiger partial charge in [-0.3, -0.25) is 9.48 Å². The van der Waals surface area contributed by atoms with Gasteiger partial charge in [0.05, 0.1) is 24.6 Å². The molecule has 0 aromatic carbocycles. The monoisotopic (exact) mass is 390 g/mol. The first kappa shape index (κ1) is 18.6. The third-order valence-corrected chi connectivity index (χ3v) is 6.82. The van der Waals surface area contributed by atoms with Gasteiger partial charge in [0.1, 0.15) is 5.60 Å². The van der Waals surface area contributed by atoms with E-state index < -0.39 is 0 Å². The predicted octanol–water partition coefficient (Wildman–Crippen LogP) is 1.23. The number of thiophene rings is 1. The molecule has 8 heteroatoms. The Morgan fingerprint density at radius 2 is 2.22 bits per heavy atom. The topological polar surface area (TPSA) is 79.6 Å². The van der Waals surface area contributed by atoms with Gasteiger partial charge in [0, 0.05) is 43.4 Å². The van der Waals surface area contributed by atoms with Gasteiger partial charge in [0.25, 0.3) is 5.91 Å². The first-order valence-electron chi connectivity index (χ1n) is 9.56. The van der Waals surface area contributed by atoms with Crippen LogP contribution < -0.4 is 5.32 Å². The molecule has 2 aliphatic heterocycles. The SMILES string of the molecule is O=C(NCCO)c1cc2c(s1)C1(CCN(CCn3cccn3)CC1)OCC2. The summed E-state index contributed by atoms with van der Waals surface area (Å²) in [5, 5.41) is 15.9. The van der Waals surface area contributed by atoms with Crippen LogP contribution in [0.5, 0.6) is 0 Å². The Bertz CT molecular complexity index is 766. The number of carbonyl (C=O) groups excluding carboxylic acids is 1. The molecular weight excluding hydrogens is 364 g/mol. The molecule has 2 aromatic heterocycles. The van der Waals surface area contributed by atoms with E-state index in [-0.39, 0.29) is 24.7 Å². The molecule has 2 aromatic rings. The van der Waals surface area contributed by atoms with Crippen molar-refractivity contribution in [2.75, 3.05) is 39.4 Å². The van der Waals surface area contributed by atoms with Gasteiger partial charge >= 0.3 is 0 Å². The van der Waals surface area contributed by atoms with Crippen LogP contribution in [0.15, 0.2) is 24.5 Å². The van der Waals surface area contributed by atoms with Gasteiger partial charge in [-0.05, 0) is 37.0 Å². The minimum Gasteiger partial charge on any atom is -0.395 e. The predicted molar refractivity (Wildman–Crippen MR) is 103 cm³/mol. The second-order valence-electron chi connectivity index (χ2n) is 7.15. The molecular formula is C19H26N4O3S. The van der Waals surface area contributed by atoms with E-state index in [2.05, 4.69) is 15.3 Å². The number of aromatic nitrogens is 2. The second-order valence-corrected chi connectivity index (χ2v) is 8.20. The maximum atomic E-state index is 12.3. The third kappa shape index (κ3) is 3.94. The van der Waals surface area contributed by atoms with Crippen molar-refractivity contribution in [1.82, 2.24) is 20.0 Å². The lowest BCUT2D eigenvalue weighted by Crippen LogP contribution is -2.46. The Balaban J connectivity index is 1.41. The number of nitrogens with one attached hydrogen (secondary N) is 1. The highest BCUT2D eigenvalue weighted by Gasteiger charge is 2.42. The van der Waals surface area contributed by atoms with Gasteiger partial charge in [0.15, 0.2) is 0 Å². The van der Waals surface area contributed by atoms with Crippen molar-refractivity contribution in [2.24, 2.45) is 0 Å². The second kappa shape index (κ2) is 8.10. The lowest BCUT2D eigenvalue weighted by Gasteiger charge is -2.43. The van der Waals surface area contributed by atoms with Crippen molar-refractivity contribution in [3.8, 4) is 0 Å². The summed E-state index contributed by atoms with van der Waals surface area (Å²) in [7, 11) is 0. The van der Waals surface area contributed by atoms with E-state index in [1.807, 2.05) is 29.2 Å². The average Bonchev–Trinajstić information content (AvgIpc) is 3.36. The molecule has 0 saturated carbocycles. The molecule has 1 spiro atoms. The smallest absolute Gasteiger partial charge is 0.261 e. The number of amides is 1. The van der Waals surface area contributed by atoms with Crippen molar-refractivity contribution in [2.45, 2.75) is 31.4 Å². The van der Waals surface area contributed by atoms with Crippen LogP contribution in [0.4, 0.5) is 0 Å². The number of nitrogens with zero attached hydrogens (tertiary/aromatic N) is 3. The summed E-state index contributed by atoms with van der Waals surface area (Å²) in [5.41, 5.74) is 1.01. The molecule has 4 rings (SSSR count). The zero-order chi connectivity index (χ0) is 18.7. The Morgan fingerprint density at radius 3 is 2.96 bits per heavy atom. The fraction of sp³-hybridized carbons (Fsp3) is 0.579. The van der Waals surface area contributed by atoms with E-state index in [9.17, 15) is 4.79 Å². The van der Waals surface area contributed by atoms with E-state index >= 15 is 0 Å². The van der Waals surface area contributed by atoms with Gasteiger partial charge in [-0.2, -0.15) is 5.10 Å². The molecule has 2 N–H and O–H groups in total. The highest BCUT2D eigenvalue weighted by molar-refractivity contribution is 7.14.